The van der Waals surface area contributed by atoms with Gasteiger partial charge in [-0.2, -0.15) is 0 Å². The first-order valence-electron chi connectivity index (χ1n) is 11.0. The SMILES string of the molecule is C=CCOC(=O)c1cc2cc(C(F)P(NCC(=O)OCC(C)(C)C)Oc3ccccc3)ccc2s1. The van der Waals surface area contributed by atoms with Crippen LogP contribution in [-0.2, 0) is 14.3 Å². The van der Waals surface area contributed by atoms with Crippen molar-refractivity contribution in [3.8, 4) is 5.75 Å². The van der Waals surface area contributed by atoms with E-state index in [4.69, 9.17) is 14.0 Å². The molecule has 2 unspecified atom stereocenters. The van der Waals surface area contributed by atoms with Gasteiger partial charge in [0.05, 0.1) is 6.61 Å². The summed E-state index contributed by atoms with van der Waals surface area (Å²) < 4.78 is 32.9. The number of esters is 2. The van der Waals surface area contributed by atoms with Crippen molar-refractivity contribution < 1.29 is 28.0 Å². The normalized spacial score (nSPS) is 13.1. The molecule has 1 N–H and O–H groups in total. The first kappa shape index (κ1) is 26.8. The molecule has 0 saturated heterocycles. The maximum Gasteiger partial charge on any atom is 0.348 e. The van der Waals surface area contributed by atoms with Crippen molar-refractivity contribution in [2.24, 2.45) is 5.41 Å². The van der Waals surface area contributed by atoms with Crippen molar-refractivity contribution in [2.45, 2.75) is 26.7 Å². The van der Waals surface area contributed by atoms with Gasteiger partial charge in [-0.05, 0) is 46.7 Å². The fourth-order valence-electron chi connectivity index (χ4n) is 2.90. The van der Waals surface area contributed by atoms with E-state index >= 15 is 4.39 Å². The number of thiophene rings is 1. The molecule has 1 heterocycles. The van der Waals surface area contributed by atoms with E-state index in [0.29, 0.717) is 16.2 Å². The van der Waals surface area contributed by atoms with Gasteiger partial charge in [-0.1, -0.05) is 57.7 Å². The fraction of sp³-hybridized carbons (Fsp3) is 0.308. The maximum absolute atomic E-state index is 15.8. The van der Waals surface area contributed by atoms with Gasteiger partial charge in [-0.25, -0.2) is 9.18 Å². The van der Waals surface area contributed by atoms with Gasteiger partial charge < -0.3 is 14.0 Å². The zero-order chi connectivity index (χ0) is 25.4. The van der Waals surface area contributed by atoms with Crippen LogP contribution in [0.4, 0.5) is 4.39 Å². The molecule has 9 heteroatoms. The van der Waals surface area contributed by atoms with E-state index in [2.05, 4.69) is 11.7 Å². The number of ether oxygens (including phenoxy) is 2. The molecular weight excluding hydrogens is 488 g/mol. The Kier molecular flexibility index (Phi) is 9.38. The zero-order valence-electron chi connectivity index (χ0n) is 20.0. The van der Waals surface area contributed by atoms with Crippen LogP contribution in [0.2, 0.25) is 0 Å². The number of alkyl halides is 1. The van der Waals surface area contributed by atoms with Crippen LogP contribution >= 0.6 is 19.6 Å². The first-order chi connectivity index (χ1) is 16.7. The Balaban J connectivity index is 1.77. The summed E-state index contributed by atoms with van der Waals surface area (Å²) >= 11 is 1.27. The molecule has 0 aliphatic carbocycles. The number of fused-ring (bicyclic) bond motifs is 1. The van der Waals surface area contributed by atoms with Gasteiger partial charge in [0, 0.05) is 4.70 Å². The van der Waals surface area contributed by atoms with Crippen molar-refractivity contribution in [1.82, 2.24) is 5.09 Å². The topological polar surface area (TPSA) is 73.9 Å². The second kappa shape index (κ2) is 12.2. The summed E-state index contributed by atoms with van der Waals surface area (Å²) in [6, 6.07) is 15.7. The number of para-hydroxylation sites is 1. The second-order valence-electron chi connectivity index (χ2n) is 8.92. The van der Waals surface area contributed by atoms with Crippen LogP contribution in [-0.4, -0.2) is 31.7 Å². The van der Waals surface area contributed by atoms with Crippen LogP contribution in [0.5, 0.6) is 5.75 Å². The van der Waals surface area contributed by atoms with Crippen LogP contribution in [0, 0.1) is 5.41 Å². The number of benzene rings is 2. The molecule has 0 fully saturated rings. The zero-order valence-corrected chi connectivity index (χ0v) is 21.7. The molecular formula is C26H29FNO5PS. The monoisotopic (exact) mass is 517 g/mol. The highest BCUT2D eigenvalue weighted by atomic mass is 32.1. The number of hydrogen-bond acceptors (Lipinski definition) is 7. The molecule has 0 bridgehead atoms. The van der Waals surface area contributed by atoms with Crippen molar-refractivity contribution in [1.29, 1.82) is 0 Å². The van der Waals surface area contributed by atoms with Gasteiger partial charge in [-0.15, -0.1) is 11.3 Å². The number of nitrogens with one attached hydrogen (secondary N) is 1. The van der Waals surface area contributed by atoms with E-state index in [1.807, 2.05) is 26.8 Å². The number of hydrogen-bond donors (Lipinski definition) is 1. The molecule has 3 rings (SSSR count). The molecule has 2 atom stereocenters. The Bertz CT molecular complexity index is 1160. The molecule has 0 aliphatic heterocycles. The molecule has 6 nitrogen and oxygen atoms in total. The first-order valence-corrected chi connectivity index (χ1v) is 13.2. The summed E-state index contributed by atoms with van der Waals surface area (Å²) in [5.41, 5.74) is 0.204. The van der Waals surface area contributed by atoms with Crippen molar-refractivity contribution in [3.05, 3.63) is 77.7 Å². The Hall–Kier alpha value is -2.80. The third-order valence-electron chi connectivity index (χ3n) is 4.55. The van der Waals surface area contributed by atoms with Crippen LogP contribution in [0.3, 0.4) is 0 Å². The van der Waals surface area contributed by atoms with Crippen molar-refractivity contribution >= 4 is 41.7 Å². The van der Waals surface area contributed by atoms with Gasteiger partial charge in [0.25, 0.3) is 0 Å². The summed E-state index contributed by atoms with van der Waals surface area (Å²) in [7, 11) is -1.93. The smallest absolute Gasteiger partial charge is 0.348 e. The minimum atomic E-state index is -1.93. The minimum Gasteiger partial charge on any atom is -0.464 e. The predicted molar refractivity (Wildman–Crippen MR) is 139 cm³/mol. The molecule has 35 heavy (non-hydrogen) atoms. The van der Waals surface area contributed by atoms with E-state index in [-0.39, 0.29) is 25.2 Å². The molecule has 3 aromatic rings. The van der Waals surface area contributed by atoms with Crippen molar-refractivity contribution in [3.63, 3.8) is 0 Å². The van der Waals surface area contributed by atoms with E-state index in [9.17, 15) is 9.59 Å². The Morgan fingerprint density at radius 1 is 1.14 bits per heavy atom. The average Bonchev–Trinajstić information content (AvgIpc) is 3.27. The largest absolute Gasteiger partial charge is 0.464 e. The standard InChI is InChI=1S/C26H29FNO5PS/c1-5-13-31-25(30)22-15-19-14-18(11-12-21(19)35-22)24(27)34(33-20-9-7-6-8-10-20)28-16-23(29)32-17-26(2,3)4/h5-12,14-15,24,28H,1,13,16-17H2,2-4H3. The number of carbonyl (C=O) groups excluding carboxylic acids is 2. The molecule has 0 radical (unpaired) electrons. The highest BCUT2D eigenvalue weighted by Gasteiger charge is 2.28. The maximum atomic E-state index is 15.8. The predicted octanol–water partition coefficient (Wildman–Crippen LogP) is 6.78. The average molecular weight is 518 g/mol. The number of rotatable bonds is 11. The van der Waals surface area contributed by atoms with Crippen LogP contribution in [0.1, 0.15) is 41.9 Å². The summed E-state index contributed by atoms with van der Waals surface area (Å²) in [6.45, 7) is 9.61. The summed E-state index contributed by atoms with van der Waals surface area (Å²) in [4.78, 5) is 24.8. The lowest BCUT2D eigenvalue weighted by molar-refractivity contribution is -0.144. The van der Waals surface area contributed by atoms with Gasteiger partial charge in [-0.3, -0.25) is 9.88 Å². The number of halogens is 1. The van der Waals surface area contributed by atoms with Crippen LogP contribution < -0.4 is 9.61 Å². The van der Waals surface area contributed by atoms with Gasteiger partial charge in [0.1, 0.15) is 23.8 Å². The molecule has 0 saturated carbocycles. The third-order valence-corrected chi connectivity index (χ3v) is 7.23. The second-order valence-corrected chi connectivity index (χ2v) is 11.6. The number of carbonyl (C=O) groups is 2. The Morgan fingerprint density at radius 2 is 1.89 bits per heavy atom. The molecule has 0 amide bonds. The Morgan fingerprint density at radius 3 is 2.57 bits per heavy atom. The van der Waals surface area contributed by atoms with E-state index in [1.54, 1.807) is 48.5 Å². The summed E-state index contributed by atoms with van der Waals surface area (Å²) in [6.07, 6.45) is 1.50. The van der Waals surface area contributed by atoms with Crippen LogP contribution in [0.25, 0.3) is 10.1 Å². The molecule has 1 aromatic heterocycles. The lowest BCUT2D eigenvalue weighted by Gasteiger charge is -2.23. The van der Waals surface area contributed by atoms with E-state index < -0.39 is 26.2 Å². The summed E-state index contributed by atoms with van der Waals surface area (Å²) in [5, 5.41) is 3.63. The van der Waals surface area contributed by atoms with Gasteiger partial charge >= 0.3 is 11.9 Å². The molecule has 2 aromatic carbocycles. The highest BCUT2D eigenvalue weighted by molar-refractivity contribution is 7.51. The fourth-order valence-corrected chi connectivity index (χ4v) is 5.22. The van der Waals surface area contributed by atoms with Crippen molar-refractivity contribution in [2.75, 3.05) is 19.8 Å². The lowest BCUT2D eigenvalue weighted by atomic mass is 9.99. The molecule has 0 aliphatic rings. The minimum absolute atomic E-state index is 0.121. The Labute approximate surface area is 210 Å². The molecule has 0 spiro atoms. The van der Waals surface area contributed by atoms with Crippen LogP contribution in [0.15, 0.2) is 67.3 Å². The summed E-state index contributed by atoms with van der Waals surface area (Å²) in [5.74, 6) is -1.98. The van der Waals surface area contributed by atoms with Gasteiger partial charge in [0.2, 0.25) is 8.30 Å². The van der Waals surface area contributed by atoms with E-state index in [0.717, 1.165) is 10.1 Å². The highest BCUT2D eigenvalue weighted by Crippen LogP contribution is 2.50. The van der Waals surface area contributed by atoms with Gasteiger partial charge in [0.15, 0.2) is 5.91 Å². The quantitative estimate of drug-likeness (QED) is 0.172. The lowest BCUT2D eigenvalue weighted by Crippen LogP contribution is -2.26. The molecule has 186 valence electrons. The van der Waals surface area contributed by atoms with E-state index in [1.165, 1.54) is 17.4 Å². The third kappa shape index (κ3) is 8.13.